The fraction of sp³-hybridized carbons (Fsp3) is 0.533. The van der Waals surface area contributed by atoms with Crippen LogP contribution in [0.2, 0.25) is 0 Å². The van der Waals surface area contributed by atoms with Gasteiger partial charge in [-0.05, 0) is 44.0 Å². The highest BCUT2D eigenvalue weighted by molar-refractivity contribution is 6.01. The van der Waals surface area contributed by atoms with Gasteiger partial charge in [0.2, 0.25) is 0 Å². The van der Waals surface area contributed by atoms with Crippen LogP contribution in [0.5, 0.6) is 11.5 Å². The molecule has 0 fully saturated rings. The van der Waals surface area contributed by atoms with Crippen LogP contribution in [0.3, 0.4) is 0 Å². The molecule has 1 aromatic carbocycles. The van der Waals surface area contributed by atoms with Crippen molar-refractivity contribution in [1.82, 2.24) is 0 Å². The standard InChI is InChI=1S/C15H23NO3/c1-9(6-7-16)14(17)12-8-13(18-4)10(2)11(3)15(12)19-5/h8-9H,6-7,16H2,1-5H3. The van der Waals surface area contributed by atoms with E-state index in [4.69, 9.17) is 15.2 Å². The highest BCUT2D eigenvalue weighted by atomic mass is 16.5. The van der Waals surface area contributed by atoms with Crippen molar-refractivity contribution in [2.75, 3.05) is 20.8 Å². The lowest BCUT2D eigenvalue weighted by Crippen LogP contribution is -2.17. The smallest absolute Gasteiger partial charge is 0.169 e. The molecule has 106 valence electrons. The maximum absolute atomic E-state index is 12.5. The van der Waals surface area contributed by atoms with Gasteiger partial charge in [0.05, 0.1) is 19.8 Å². The van der Waals surface area contributed by atoms with Crippen molar-refractivity contribution in [1.29, 1.82) is 0 Å². The molecule has 0 aromatic heterocycles. The molecule has 0 aliphatic rings. The Bertz CT molecular complexity index is 469. The molecule has 0 aliphatic carbocycles. The SMILES string of the molecule is COc1cc(C(=O)C(C)CCN)c(OC)c(C)c1C. The van der Waals surface area contributed by atoms with Gasteiger partial charge in [-0.25, -0.2) is 0 Å². The number of carbonyl (C=O) groups is 1. The molecule has 0 bridgehead atoms. The van der Waals surface area contributed by atoms with E-state index >= 15 is 0 Å². The van der Waals surface area contributed by atoms with Crippen LogP contribution < -0.4 is 15.2 Å². The lowest BCUT2D eigenvalue weighted by Gasteiger charge is -2.18. The molecule has 0 radical (unpaired) electrons. The monoisotopic (exact) mass is 265 g/mol. The third kappa shape index (κ3) is 3.07. The van der Waals surface area contributed by atoms with E-state index < -0.39 is 0 Å². The molecule has 1 rings (SSSR count). The third-order valence-electron chi connectivity index (χ3n) is 3.53. The van der Waals surface area contributed by atoms with E-state index in [9.17, 15) is 4.79 Å². The summed E-state index contributed by atoms with van der Waals surface area (Å²) in [4.78, 5) is 12.5. The lowest BCUT2D eigenvalue weighted by atomic mass is 9.92. The topological polar surface area (TPSA) is 61.5 Å². The number of carbonyl (C=O) groups excluding carboxylic acids is 1. The quantitative estimate of drug-likeness (QED) is 0.803. The van der Waals surface area contributed by atoms with Gasteiger partial charge >= 0.3 is 0 Å². The molecular weight excluding hydrogens is 242 g/mol. The largest absolute Gasteiger partial charge is 0.496 e. The Balaban J connectivity index is 3.33. The van der Waals surface area contributed by atoms with E-state index in [1.807, 2.05) is 20.8 Å². The molecule has 19 heavy (non-hydrogen) atoms. The Morgan fingerprint density at radius 3 is 2.37 bits per heavy atom. The van der Waals surface area contributed by atoms with Gasteiger partial charge < -0.3 is 15.2 Å². The summed E-state index contributed by atoms with van der Waals surface area (Å²) >= 11 is 0. The van der Waals surface area contributed by atoms with Crippen LogP contribution >= 0.6 is 0 Å². The zero-order valence-corrected chi connectivity index (χ0v) is 12.4. The van der Waals surface area contributed by atoms with Gasteiger partial charge in [0, 0.05) is 5.92 Å². The summed E-state index contributed by atoms with van der Waals surface area (Å²) in [6.07, 6.45) is 0.664. The summed E-state index contributed by atoms with van der Waals surface area (Å²) in [5.74, 6) is 1.27. The highest BCUT2D eigenvalue weighted by Crippen LogP contribution is 2.34. The minimum absolute atomic E-state index is 0.0451. The molecule has 1 atom stereocenters. The Hall–Kier alpha value is -1.55. The summed E-state index contributed by atoms with van der Waals surface area (Å²) in [7, 11) is 3.18. The summed E-state index contributed by atoms with van der Waals surface area (Å²) in [5, 5.41) is 0. The third-order valence-corrected chi connectivity index (χ3v) is 3.53. The van der Waals surface area contributed by atoms with Crippen molar-refractivity contribution in [3.05, 3.63) is 22.8 Å². The summed E-state index contributed by atoms with van der Waals surface area (Å²) in [6, 6.07) is 1.76. The minimum Gasteiger partial charge on any atom is -0.496 e. The van der Waals surface area contributed by atoms with E-state index in [1.54, 1.807) is 20.3 Å². The molecule has 1 unspecified atom stereocenters. The summed E-state index contributed by atoms with van der Waals surface area (Å²) in [5.41, 5.74) is 8.01. The fourth-order valence-electron chi connectivity index (χ4n) is 2.17. The second-order valence-electron chi connectivity index (χ2n) is 4.75. The van der Waals surface area contributed by atoms with Gasteiger partial charge in [-0.15, -0.1) is 0 Å². The van der Waals surface area contributed by atoms with Gasteiger partial charge in [-0.2, -0.15) is 0 Å². The van der Waals surface area contributed by atoms with E-state index in [1.165, 1.54) is 0 Å². The fourth-order valence-corrected chi connectivity index (χ4v) is 2.17. The Morgan fingerprint density at radius 2 is 1.89 bits per heavy atom. The van der Waals surface area contributed by atoms with Crippen LogP contribution in [0.15, 0.2) is 6.07 Å². The van der Waals surface area contributed by atoms with Crippen LogP contribution in [-0.2, 0) is 0 Å². The number of hydrogen-bond acceptors (Lipinski definition) is 4. The minimum atomic E-state index is -0.120. The number of methoxy groups -OCH3 is 2. The molecule has 0 saturated carbocycles. The summed E-state index contributed by atoms with van der Waals surface area (Å²) in [6.45, 7) is 6.27. The maximum Gasteiger partial charge on any atom is 0.169 e. The molecule has 0 amide bonds. The first-order chi connectivity index (χ1) is 8.97. The molecule has 0 spiro atoms. The van der Waals surface area contributed by atoms with E-state index in [0.717, 1.165) is 11.1 Å². The van der Waals surface area contributed by atoms with Crippen LogP contribution in [0.4, 0.5) is 0 Å². The van der Waals surface area contributed by atoms with Crippen molar-refractivity contribution in [2.45, 2.75) is 27.2 Å². The Morgan fingerprint density at radius 1 is 1.26 bits per heavy atom. The summed E-state index contributed by atoms with van der Waals surface area (Å²) < 4.78 is 10.7. The first-order valence-corrected chi connectivity index (χ1v) is 6.44. The molecule has 4 nitrogen and oxygen atoms in total. The lowest BCUT2D eigenvalue weighted by molar-refractivity contribution is 0.0922. The molecule has 0 heterocycles. The second-order valence-corrected chi connectivity index (χ2v) is 4.75. The number of rotatable bonds is 6. The van der Waals surface area contributed by atoms with Gasteiger partial charge in [-0.3, -0.25) is 4.79 Å². The van der Waals surface area contributed by atoms with Crippen LogP contribution in [0.25, 0.3) is 0 Å². The average Bonchev–Trinajstić information content (AvgIpc) is 2.41. The molecule has 0 aliphatic heterocycles. The first kappa shape index (κ1) is 15.5. The van der Waals surface area contributed by atoms with Gasteiger partial charge in [0.25, 0.3) is 0 Å². The van der Waals surface area contributed by atoms with E-state index in [0.29, 0.717) is 30.0 Å². The van der Waals surface area contributed by atoms with Crippen LogP contribution in [-0.4, -0.2) is 26.5 Å². The van der Waals surface area contributed by atoms with Crippen molar-refractivity contribution in [2.24, 2.45) is 11.7 Å². The molecule has 0 saturated heterocycles. The number of ether oxygens (including phenoxy) is 2. The number of Topliss-reactive ketones (excluding diaryl/α,β-unsaturated/α-hetero) is 1. The van der Waals surface area contributed by atoms with Gasteiger partial charge in [0.15, 0.2) is 5.78 Å². The number of hydrogen-bond donors (Lipinski definition) is 1. The number of ketones is 1. The number of nitrogens with two attached hydrogens (primary N) is 1. The molecule has 1 aromatic rings. The van der Waals surface area contributed by atoms with Gasteiger partial charge in [0.1, 0.15) is 11.5 Å². The van der Waals surface area contributed by atoms with E-state index in [-0.39, 0.29) is 11.7 Å². The van der Waals surface area contributed by atoms with Crippen LogP contribution in [0, 0.1) is 19.8 Å². The highest BCUT2D eigenvalue weighted by Gasteiger charge is 2.22. The van der Waals surface area contributed by atoms with E-state index in [2.05, 4.69) is 0 Å². The second kappa shape index (κ2) is 6.57. The predicted octanol–water partition coefficient (Wildman–Crippen LogP) is 2.49. The predicted molar refractivity (Wildman–Crippen MR) is 76.2 cm³/mol. The first-order valence-electron chi connectivity index (χ1n) is 6.44. The molecular formula is C15H23NO3. The zero-order chi connectivity index (χ0) is 14.6. The average molecular weight is 265 g/mol. The molecule has 2 N–H and O–H groups in total. The van der Waals surface area contributed by atoms with Crippen molar-refractivity contribution in [3.8, 4) is 11.5 Å². The van der Waals surface area contributed by atoms with Crippen molar-refractivity contribution < 1.29 is 14.3 Å². The van der Waals surface area contributed by atoms with Crippen molar-refractivity contribution in [3.63, 3.8) is 0 Å². The molecule has 4 heteroatoms. The zero-order valence-electron chi connectivity index (χ0n) is 12.4. The Kier molecular flexibility index (Phi) is 5.36. The maximum atomic E-state index is 12.5. The normalized spacial score (nSPS) is 12.1. The van der Waals surface area contributed by atoms with Crippen molar-refractivity contribution >= 4 is 5.78 Å². The van der Waals surface area contributed by atoms with Gasteiger partial charge in [-0.1, -0.05) is 6.92 Å². The number of benzene rings is 1. The Labute approximate surface area is 114 Å². The van der Waals surface area contributed by atoms with Crippen LogP contribution in [0.1, 0.15) is 34.8 Å².